The van der Waals surface area contributed by atoms with Crippen molar-refractivity contribution >= 4 is 22.4 Å². The Bertz CT molecular complexity index is 451. The van der Waals surface area contributed by atoms with Crippen LogP contribution in [-0.4, -0.2) is 40.1 Å². The lowest BCUT2D eigenvalue weighted by Crippen LogP contribution is -2.37. The fourth-order valence-electron chi connectivity index (χ4n) is 1.50. The van der Waals surface area contributed by atoms with Gasteiger partial charge >= 0.3 is 0 Å². The summed E-state index contributed by atoms with van der Waals surface area (Å²) >= 11 is 1.25. The maximum absolute atomic E-state index is 12.3. The van der Waals surface area contributed by atoms with Crippen molar-refractivity contribution in [3.05, 3.63) is 5.01 Å². The van der Waals surface area contributed by atoms with E-state index in [1.165, 1.54) is 11.3 Å². The smallest absolute Gasteiger partial charge is 0.285 e. The van der Waals surface area contributed by atoms with Crippen molar-refractivity contribution in [2.24, 2.45) is 0 Å². The molecular formula is C12H19N5OS. The van der Waals surface area contributed by atoms with E-state index in [1.54, 1.807) is 4.90 Å². The van der Waals surface area contributed by atoms with E-state index < -0.39 is 0 Å². The molecule has 1 heterocycles. The molecule has 6 nitrogen and oxygen atoms in total. The zero-order valence-electron chi connectivity index (χ0n) is 11.5. The second kappa shape index (κ2) is 7.69. The Labute approximate surface area is 117 Å². The van der Waals surface area contributed by atoms with Crippen molar-refractivity contribution in [3.8, 4) is 6.07 Å². The molecule has 1 aromatic rings. The molecule has 0 saturated heterocycles. The molecule has 0 aliphatic carbocycles. The van der Waals surface area contributed by atoms with Gasteiger partial charge in [-0.2, -0.15) is 5.26 Å². The van der Waals surface area contributed by atoms with Crippen LogP contribution in [0.1, 0.15) is 43.4 Å². The van der Waals surface area contributed by atoms with Crippen molar-refractivity contribution in [3.63, 3.8) is 0 Å². The van der Waals surface area contributed by atoms with E-state index in [1.807, 2.05) is 13.8 Å². The molecule has 7 heteroatoms. The van der Waals surface area contributed by atoms with Crippen LogP contribution in [0, 0.1) is 11.3 Å². The highest BCUT2D eigenvalue weighted by atomic mass is 32.1. The van der Waals surface area contributed by atoms with Crippen LogP contribution in [-0.2, 0) is 0 Å². The predicted molar refractivity (Wildman–Crippen MR) is 75.1 cm³/mol. The van der Waals surface area contributed by atoms with E-state index in [2.05, 4.69) is 28.5 Å². The maximum atomic E-state index is 12.3. The number of aromatic nitrogens is 2. The Kier molecular flexibility index (Phi) is 6.22. The summed E-state index contributed by atoms with van der Waals surface area (Å²) in [6.45, 7) is 7.14. The Hall–Kier alpha value is -1.68. The largest absolute Gasteiger partial charge is 0.360 e. The monoisotopic (exact) mass is 281 g/mol. The molecule has 0 fully saturated rings. The minimum atomic E-state index is -0.160. The van der Waals surface area contributed by atoms with Gasteiger partial charge in [0, 0.05) is 19.1 Å². The Morgan fingerprint density at radius 3 is 2.84 bits per heavy atom. The van der Waals surface area contributed by atoms with Gasteiger partial charge in [0.25, 0.3) is 5.91 Å². The third-order valence-corrected chi connectivity index (χ3v) is 3.35. The predicted octanol–water partition coefficient (Wildman–Crippen LogP) is 2.12. The van der Waals surface area contributed by atoms with Gasteiger partial charge in [0.2, 0.25) is 10.1 Å². The first-order valence-electron chi connectivity index (χ1n) is 6.35. The Morgan fingerprint density at radius 1 is 1.53 bits per heavy atom. The van der Waals surface area contributed by atoms with Gasteiger partial charge in [-0.3, -0.25) is 4.79 Å². The number of amides is 1. The first-order valence-corrected chi connectivity index (χ1v) is 7.17. The molecule has 0 atom stereocenters. The van der Waals surface area contributed by atoms with Gasteiger partial charge in [0.15, 0.2) is 0 Å². The highest BCUT2D eigenvalue weighted by Gasteiger charge is 2.22. The molecule has 19 heavy (non-hydrogen) atoms. The minimum Gasteiger partial charge on any atom is -0.360 e. The first-order chi connectivity index (χ1) is 9.10. The van der Waals surface area contributed by atoms with Crippen LogP contribution in [0.5, 0.6) is 0 Å². The van der Waals surface area contributed by atoms with Gasteiger partial charge in [-0.15, -0.1) is 10.2 Å². The molecule has 0 aliphatic rings. The third-order valence-electron chi connectivity index (χ3n) is 2.48. The number of nitrogens with one attached hydrogen (secondary N) is 1. The summed E-state index contributed by atoms with van der Waals surface area (Å²) < 4.78 is 0. The van der Waals surface area contributed by atoms with Crippen LogP contribution in [0.4, 0.5) is 5.13 Å². The summed E-state index contributed by atoms with van der Waals surface area (Å²) in [5, 5.41) is 20.6. The van der Waals surface area contributed by atoms with E-state index in [9.17, 15) is 4.79 Å². The summed E-state index contributed by atoms with van der Waals surface area (Å²) in [5.74, 6) is -0.160. The number of anilines is 1. The van der Waals surface area contributed by atoms with Gasteiger partial charge in [-0.25, -0.2) is 0 Å². The molecule has 0 aromatic carbocycles. The van der Waals surface area contributed by atoms with E-state index in [-0.39, 0.29) is 11.9 Å². The molecule has 1 N–H and O–H groups in total. The van der Waals surface area contributed by atoms with Crippen molar-refractivity contribution in [2.75, 3.05) is 18.4 Å². The SMILES string of the molecule is CCCNc1nnc(C(=O)N(CCC#N)C(C)C)s1. The van der Waals surface area contributed by atoms with Gasteiger partial charge in [0.05, 0.1) is 12.5 Å². The first kappa shape index (κ1) is 15.4. The normalized spacial score (nSPS) is 10.3. The molecule has 0 saturated carbocycles. The van der Waals surface area contributed by atoms with E-state index in [4.69, 9.17) is 5.26 Å². The summed E-state index contributed by atoms with van der Waals surface area (Å²) in [6, 6.07) is 2.09. The number of carbonyl (C=O) groups excluding carboxylic acids is 1. The molecular weight excluding hydrogens is 262 g/mol. The highest BCUT2D eigenvalue weighted by molar-refractivity contribution is 7.17. The number of nitriles is 1. The van der Waals surface area contributed by atoms with E-state index in [0.717, 1.165) is 13.0 Å². The number of hydrogen-bond donors (Lipinski definition) is 1. The van der Waals surface area contributed by atoms with Crippen molar-refractivity contribution in [1.29, 1.82) is 5.26 Å². The average molecular weight is 281 g/mol. The molecule has 1 aromatic heterocycles. The highest BCUT2D eigenvalue weighted by Crippen LogP contribution is 2.18. The zero-order chi connectivity index (χ0) is 14.3. The number of rotatable bonds is 7. The van der Waals surface area contributed by atoms with Crippen LogP contribution >= 0.6 is 11.3 Å². The summed E-state index contributed by atoms with van der Waals surface area (Å²) in [5.41, 5.74) is 0. The topological polar surface area (TPSA) is 81.9 Å². The Balaban J connectivity index is 2.73. The molecule has 0 unspecified atom stereocenters. The van der Waals surface area contributed by atoms with Gasteiger partial charge in [0.1, 0.15) is 0 Å². The zero-order valence-corrected chi connectivity index (χ0v) is 12.3. The van der Waals surface area contributed by atoms with Crippen LogP contribution in [0.15, 0.2) is 0 Å². The molecule has 104 valence electrons. The fourth-order valence-corrected chi connectivity index (χ4v) is 2.23. The third kappa shape index (κ3) is 4.48. The quantitative estimate of drug-likeness (QED) is 0.828. The summed E-state index contributed by atoms with van der Waals surface area (Å²) in [6.07, 6.45) is 1.31. The van der Waals surface area contributed by atoms with Crippen LogP contribution in [0.25, 0.3) is 0 Å². The second-order valence-electron chi connectivity index (χ2n) is 4.34. The molecule has 0 spiro atoms. The fraction of sp³-hybridized carbons (Fsp3) is 0.667. The standard InChI is InChI=1S/C12H19N5OS/c1-4-7-14-12-16-15-10(19-12)11(18)17(9(2)3)8-5-6-13/h9H,4-5,7-8H2,1-3H3,(H,14,16). The van der Waals surface area contributed by atoms with E-state index in [0.29, 0.717) is 23.1 Å². The number of carbonyl (C=O) groups is 1. The second-order valence-corrected chi connectivity index (χ2v) is 5.32. The lowest BCUT2D eigenvalue weighted by Gasteiger charge is -2.24. The van der Waals surface area contributed by atoms with Crippen molar-refractivity contribution in [2.45, 2.75) is 39.7 Å². The molecule has 0 bridgehead atoms. The van der Waals surface area contributed by atoms with Gasteiger partial charge in [-0.1, -0.05) is 18.3 Å². The summed E-state index contributed by atoms with van der Waals surface area (Å²) in [4.78, 5) is 13.9. The van der Waals surface area contributed by atoms with Gasteiger partial charge < -0.3 is 10.2 Å². The van der Waals surface area contributed by atoms with Crippen LogP contribution in [0.3, 0.4) is 0 Å². The minimum absolute atomic E-state index is 0.0387. The molecule has 0 radical (unpaired) electrons. The molecule has 1 amide bonds. The lowest BCUT2D eigenvalue weighted by atomic mass is 10.3. The maximum Gasteiger partial charge on any atom is 0.285 e. The van der Waals surface area contributed by atoms with Gasteiger partial charge in [-0.05, 0) is 20.3 Å². The molecule has 0 aliphatic heterocycles. The lowest BCUT2D eigenvalue weighted by molar-refractivity contribution is 0.0709. The average Bonchev–Trinajstić information content (AvgIpc) is 2.85. The van der Waals surface area contributed by atoms with Crippen LogP contribution in [0.2, 0.25) is 0 Å². The number of hydrogen-bond acceptors (Lipinski definition) is 6. The van der Waals surface area contributed by atoms with Crippen molar-refractivity contribution < 1.29 is 4.79 Å². The van der Waals surface area contributed by atoms with E-state index >= 15 is 0 Å². The van der Waals surface area contributed by atoms with Crippen LogP contribution < -0.4 is 5.32 Å². The van der Waals surface area contributed by atoms with Crippen molar-refractivity contribution in [1.82, 2.24) is 15.1 Å². The molecule has 1 rings (SSSR count). The number of nitrogens with zero attached hydrogens (tertiary/aromatic N) is 4. The Morgan fingerprint density at radius 2 is 2.26 bits per heavy atom. The summed E-state index contributed by atoms with van der Waals surface area (Å²) in [7, 11) is 0.